The normalized spacial score (nSPS) is 15.7. The number of carbonyl (C=O) groups is 1. The summed E-state index contributed by atoms with van der Waals surface area (Å²) < 4.78 is 6.00. The van der Waals surface area contributed by atoms with E-state index in [1.165, 1.54) is 5.56 Å². The summed E-state index contributed by atoms with van der Waals surface area (Å²) in [5, 5.41) is 2.90. The number of anilines is 1. The molecule has 3 N–H and O–H groups in total. The van der Waals surface area contributed by atoms with Crippen molar-refractivity contribution in [3.63, 3.8) is 0 Å². The fourth-order valence-corrected chi connectivity index (χ4v) is 3.54. The molecule has 0 spiro atoms. The van der Waals surface area contributed by atoms with Crippen molar-refractivity contribution in [1.82, 2.24) is 14.9 Å². The number of carbonyl (C=O) groups excluding carboxylic acids is 1. The van der Waals surface area contributed by atoms with Gasteiger partial charge in [0.1, 0.15) is 0 Å². The molecule has 146 valence electrons. The lowest BCUT2D eigenvalue weighted by Gasteiger charge is -2.31. The minimum absolute atomic E-state index is 0.0547. The number of likely N-dealkylation sites (tertiary alicyclic amines) is 1. The number of imidazole rings is 1. The minimum Gasteiger partial charge on any atom is -0.373 e. The van der Waals surface area contributed by atoms with E-state index in [9.17, 15) is 9.59 Å². The van der Waals surface area contributed by atoms with E-state index in [0.29, 0.717) is 24.4 Å². The molecule has 2 heterocycles. The molecule has 0 atom stereocenters. The lowest BCUT2D eigenvalue weighted by molar-refractivity contribution is -0.118. The fourth-order valence-electron chi connectivity index (χ4n) is 3.54. The molecule has 28 heavy (non-hydrogen) atoms. The zero-order chi connectivity index (χ0) is 19.3. The van der Waals surface area contributed by atoms with Gasteiger partial charge in [-0.1, -0.05) is 30.3 Å². The number of nitrogens with zero attached hydrogens (tertiary/aromatic N) is 1. The molecule has 4 rings (SSSR count). The Hall–Kier alpha value is -2.90. The predicted octanol–water partition coefficient (Wildman–Crippen LogP) is 2.48. The van der Waals surface area contributed by atoms with Crippen molar-refractivity contribution >= 4 is 22.6 Å². The van der Waals surface area contributed by atoms with Gasteiger partial charge in [0.2, 0.25) is 5.91 Å². The van der Waals surface area contributed by atoms with Crippen LogP contribution in [-0.2, 0) is 16.1 Å². The molecule has 1 aromatic heterocycles. The molecule has 1 aliphatic rings. The molecule has 0 unspecified atom stereocenters. The van der Waals surface area contributed by atoms with Gasteiger partial charge >= 0.3 is 5.69 Å². The van der Waals surface area contributed by atoms with E-state index in [-0.39, 0.29) is 17.7 Å². The molecular formula is C21H24N4O3. The summed E-state index contributed by atoms with van der Waals surface area (Å²) >= 11 is 0. The Balaban J connectivity index is 1.22. The first kappa shape index (κ1) is 18.5. The Bertz CT molecular complexity index is 988. The van der Waals surface area contributed by atoms with E-state index < -0.39 is 0 Å². The van der Waals surface area contributed by atoms with Gasteiger partial charge in [-0.05, 0) is 36.6 Å². The van der Waals surface area contributed by atoms with Crippen LogP contribution in [0.1, 0.15) is 18.4 Å². The monoisotopic (exact) mass is 380 g/mol. The number of H-pyrrole nitrogens is 2. The van der Waals surface area contributed by atoms with Crippen LogP contribution in [0.2, 0.25) is 0 Å². The first-order valence-electron chi connectivity index (χ1n) is 9.55. The maximum absolute atomic E-state index is 12.4. The van der Waals surface area contributed by atoms with E-state index in [2.05, 4.69) is 32.3 Å². The molecule has 0 radical (unpaired) electrons. The summed E-state index contributed by atoms with van der Waals surface area (Å²) in [7, 11) is 0. The maximum Gasteiger partial charge on any atom is 0.323 e. The van der Waals surface area contributed by atoms with Crippen molar-refractivity contribution in [3.8, 4) is 0 Å². The number of fused-ring (bicyclic) bond motifs is 1. The third kappa shape index (κ3) is 4.68. The van der Waals surface area contributed by atoms with Crippen LogP contribution in [0.4, 0.5) is 5.69 Å². The van der Waals surface area contributed by atoms with E-state index >= 15 is 0 Å². The Morgan fingerprint density at radius 1 is 1.07 bits per heavy atom. The summed E-state index contributed by atoms with van der Waals surface area (Å²) in [6.45, 7) is 2.68. The molecule has 7 heteroatoms. The molecule has 1 saturated heterocycles. The topological polar surface area (TPSA) is 90.2 Å². The molecular weight excluding hydrogens is 356 g/mol. The van der Waals surface area contributed by atoms with Gasteiger partial charge in [-0.15, -0.1) is 0 Å². The van der Waals surface area contributed by atoms with Crippen molar-refractivity contribution in [2.75, 3.05) is 25.0 Å². The van der Waals surface area contributed by atoms with E-state index in [1.807, 2.05) is 18.2 Å². The van der Waals surface area contributed by atoms with Crippen LogP contribution in [0.5, 0.6) is 0 Å². The van der Waals surface area contributed by atoms with Crippen LogP contribution in [0.3, 0.4) is 0 Å². The molecule has 1 amide bonds. The maximum atomic E-state index is 12.4. The highest BCUT2D eigenvalue weighted by atomic mass is 16.5. The quantitative estimate of drug-likeness (QED) is 0.613. The number of hydrogen-bond acceptors (Lipinski definition) is 4. The minimum atomic E-state index is -0.254. The molecule has 0 bridgehead atoms. The Morgan fingerprint density at radius 2 is 1.82 bits per heavy atom. The number of amides is 1. The average molecular weight is 380 g/mol. The van der Waals surface area contributed by atoms with Gasteiger partial charge in [0, 0.05) is 18.8 Å². The molecule has 3 aromatic rings. The smallest absolute Gasteiger partial charge is 0.323 e. The number of nitrogens with one attached hydrogen (secondary N) is 3. The average Bonchev–Trinajstić information content (AvgIpc) is 3.07. The number of benzene rings is 2. The fraction of sp³-hybridized carbons (Fsp3) is 0.333. The summed E-state index contributed by atoms with van der Waals surface area (Å²) in [6.07, 6.45) is 2.10. The van der Waals surface area contributed by atoms with E-state index in [4.69, 9.17) is 4.74 Å². The summed E-state index contributed by atoms with van der Waals surface area (Å²) in [6, 6.07) is 15.5. The molecule has 0 saturated carbocycles. The van der Waals surface area contributed by atoms with E-state index in [1.54, 1.807) is 18.2 Å². The third-order valence-corrected chi connectivity index (χ3v) is 5.03. The highest BCUT2D eigenvalue weighted by Gasteiger charge is 2.21. The second-order valence-corrected chi connectivity index (χ2v) is 7.16. The van der Waals surface area contributed by atoms with Crippen molar-refractivity contribution < 1.29 is 9.53 Å². The molecule has 1 fully saturated rings. The largest absolute Gasteiger partial charge is 0.373 e. The Kier molecular flexibility index (Phi) is 5.55. The van der Waals surface area contributed by atoms with Gasteiger partial charge in [-0.3, -0.25) is 9.69 Å². The number of aromatic nitrogens is 2. The van der Waals surface area contributed by atoms with Gasteiger partial charge < -0.3 is 20.0 Å². The molecule has 1 aliphatic heterocycles. The predicted molar refractivity (Wildman–Crippen MR) is 108 cm³/mol. The first-order valence-corrected chi connectivity index (χ1v) is 9.55. The van der Waals surface area contributed by atoms with Crippen molar-refractivity contribution in [2.24, 2.45) is 0 Å². The Morgan fingerprint density at radius 3 is 2.61 bits per heavy atom. The summed E-state index contributed by atoms with van der Waals surface area (Å²) in [5.41, 5.74) is 3.01. The number of hydrogen-bond donors (Lipinski definition) is 3. The van der Waals surface area contributed by atoms with Gasteiger partial charge in [0.05, 0.1) is 30.3 Å². The molecule has 2 aromatic carbocycles. The summed E-state index contributed by atoms with van der Waals surface area (Å²) in [4.78, 5) is 31.2. The Labute approximate surface area is 162 Å². The zero-order valence-electron chi connectivity index (χ0n) is 15.6. The van der Waals surface area contributed by atoms with Gasteiger partial charge in [-0.2, -0.15) is 0 Å². The molecule has 0 aliphatic carbocycles. The van der Waals surface area contributed by atoms with Crippen LogP contribution in [0, 0.1) is 0 Å². The lowest BCUT2D eigenvalue weighted by Crippen LogP contribution is -2.41. The van der Waals surface area contributed by atoms with E-state index in [0.717, 1.165) is 31.4 Å². The van der Waals surface area contributed by atoms with Crippen LogP contribution >= 0.6 is 0 Å². The second-order valence-electron chi connectivity index (χ2n) is 7.16. The summed E-state index contributed by atoms with van der Waals surface area (Å²) in [5.74, 6) is -0.0547. The standard InChI is InChI=1S/C21H24N4O3/c26-20(22-16-6-7-18-19(12-16)24-21(27)23-18)13-25-10-8-17(9-11-25)28-14-15-4-2-1-3-5-15/h1-7,12,17H,8-11,13-14H2,(H,22,26)(H2,23,24,27). The highest BCUT2D eigenvalue weighted by Crippen LogP contribution is 2.17. The lowest BCUT2D eigenvalue weighted by atomic mass is 10.1. The molecule has 7 nitrogen and oxygen atoms in total. The van der Waals surface area contributed by atoms with Crippen molar-refractivity contribution in [1.29, 1.82) is 0 Å². The van der Waals surface area contributed by atoms with Crippen LogP contribution < -0.4 is 11.0 Å². The van der Waals surface area contributed by atoms with Gasteiger partial charge in [0.15, 0.2) is 0 Å². The highest BCUT2D eigenvalue weighted by molar-refractivity contribution is 5.94. The van der Waals surface area contributed by atoms with Crippen LogP contribution in [0.15, 0.2) is 53.3 Å². The first-order chi connectivity index (χ1) is 13.7. The number of rotatable bonds is 6. The van der Waals surface area contributed by atoms with Crippen molar-refractivity contribution in [2.45, 2.75) is 25.6 Å². The van der Waals surface area contributed by atoms with Crippen LogP contribution in [-0.4, -0.2) is 46.5 Å². The van der Waals surface area contributed by atoms with Crippen LogP contribution in [0.25, 0.3) is 11.0 Å². The van der Waals surface area contributed by atoms with Gasteiger partial charge in [-0.25, -0.2) is 4.79 Å². The SMILES string of the molecule is O=C(CN1CCC(OCc2ccccc2)CC1)Nc1ccc2[nH]c(=O)[nH]c2c1. The third-order valence-electron chi connectivity index (χ3n) is 5.03. The number of aromatic amines is 2. The van der Waals surface area contributed by atoms with Gasteiger partial charge in [0.25, 0.3) is 0 Å². The zero-order valence-corrected chi connectivity index (χ0v) is 15.6. The second kappa shape index (κ2) is 8.41. The number of ether oxygens (including phenoxy) is 1. The van der Waals surface area contributed by atoms with Crippen molar-refractivity contribution in [3.05, 3.63) is 64.6 Å². The number of piperidine rings is 1.